The number of ether oxygens (including phenoxy) is 4. The van der Waals surface area contributed by atoms with Crippen LogP contribution in [0.2, 0.25) is 0 Å². The second kappa shape index (κ2) is 14.5. The largest absolute Gasteiger partial charge is 0.488 e. The van der Waals surface area contributed by atoms with Gasteiger partial charge in [0, 0.05) is 43.7 Å². The number of nitrogens with one attached hydrogen (secondary N) is 3. The summed E-state index contributed by atoms with van der Waals surface area (Å²) in [5.74, 6) is 1.91. The molecule has 3 amide bonds. The average Bonchev–Trinajstić information content (AvgIpc) is 4.01. The standard InChI is InChI=1S/C40H45N7O8/c1-20-6-11-31(47(20)38(48)34(21(2)53-4)45-39(49)54-5)37-42-29-10-8-23-14-28-26-9-7-24(13-25(26)19-55-33(28)15-27(23)35(29)44-37)30-16-41-36(43-30)32-12-22(18-52-3)17-46(32)40(50)51/h7-10,13-16,20-22,31-32,34H,6,11-12,17-19H2,1-5H3,(H,41,43)(H,42,44)(H,45,49)(H,50,51)/t20-,21+,22-,31-,32-,34-/m0/s1. The van der Waals surface area contributed by atoms with Crippen molar-refractivity contribution in [3.8, 4) is 28.1 Å². The number of rotatable bonds is 9. The molecular weight excluding hydrogens is 706 g/mol. The maximum absolute atomic E-state index is 14.0. The van der Waals surface area contributed by atoms with Crippen LogP contribution in [0.4, 0.5) is 9.59 Å². The van der Waals surface area contributed by atoms with Crippen molar-refractivity contribution in [2.45, 2.75) is 70.0 Å². The third-order valence-corrected chi connectivity index (χ3v) is 11.4. The van der Waals surface area contributed by atoms with Gasteiger partial charge in [-0.05, 0) is 79.5 Å². The summed E-state index contributed by atoms with van der Waals surface area (Å²) >= 11 is 0. The number of aromatic nitrogens is 4. The molecule has 0 aliphatic carbocycles. The average molecular weight is 752 g/mol. The first kappa shape index (κ1) is 36.3. The fourth-order valence-electron chi connectivity index (χ4n) is 8.52. The zero-order valence-corrected chi connectivity index (χ0v) is 31.4. The van der Waals surface area contributed by atoms with Crippen molar-refractivity contribution in [2.24, 2.45) is 5.92 Å². The Morgan fingerprint density at radius 3 is 2.64 bits per heavy atom. The van der Waals surface area contributed by atoms with Crippen molar-refractivity contribution in [3.05, 3.63) is 65.9 Å². The zero-order valence-electron chi connectivity index (χ0n) is 31.4. The Morgan fingerprint density at radius 1 is 1.04 bits per heavy atom. The number of aromatic amines is 2. The Kier molecular flexibility index (Phi) is 9.59. The summed E-state index contributed by atoms with van der Waals surface area (Å²) in [6.07, 6.45) is 1.65. The molecule has 4 N–H and O–H groups in total. The first-order valence-corrected chi connectivity index (χ1v) is 18.5. The van der Waals surface area contributed by atoms with E-state index in [4.69, 9.17) is 23.9 Å². The van der Waals surface area contributed by atoms with Gasteiger partial charge in [0.1, 0.15) is 30.0 Å². The number of carbonyl (C=O) groups excluding carboxylic acids is 2. The number of fused-ring (bicyclic) bond motifs is 6. The molecule has 3 aliphatic rings. The number of carboxylic acid groups (broad SMARTS) is 1. The third kappa shape index (κ3) is 6.50. The predicted molar refractivity (Wildman–Crippen MR) is 202 cm³/mol. The van der Waals surface area contributed by atoms with Gasteiger partial charge >= 0.3 is 12.2 Å². The topological polar surface area (TPSA) is 184 Å². The lowest BCUT2D eigenvalue weighted by atomic mass is 9.92. The van der Waals surface area contributed by atoms with Crippen LogP contribution in [0.15, 0.2) is 48.7 Å². The van der Waals surface area contributed by atoms with Crippen LogP contribution in [0, 0.1) is 5.92 Å². The van der Waals surface area contributed by atoms with Crippen LogP contribution in [-0.2, 0) is 25.6 Å². The molecule has 0 bridgehead atoms. The van der Waals surface area contributed by atoms with Gasteiger partial charge < -0.3 is 44.2 Å². The van der Waals surface area contributed by atoms with E-state index >= 15 is 0 Å². The SMILES string of the molecule is COC[C@H]1C[C@@H](c2ncc(-c3ccc4c(c3)COc3cc5c(ccc6[nH]c([C@@H]7CC[C@H](C)N7C(=O)[C@@H](NC(=O)OC)[C@@H](C)OC)nc65)cc3-4)[nH]2)N(C(=O)O)C1. The molecule has 8 rings (SSSR count). The van der Waals surface area contributed by atoms with Crippen LogP contribution >= 0.6 is 0 Å². The fraction of sp³-hybridized carbons (Fsp3) is 0.425. The summed E-state index contributed by atoms with van der Waals surface area (Å²) in [5.41, 5.74) is 6.45. The maximum Gasteiger partial charge on any atom is 0.407 e. The summed E-state index contributed by atoms with van der Waals surface area (Å²) in [7, 11) is 4.39. The van der Waals surface area contributed by atoms with Crippen LogP contribution in [0.5, 0.6) is 5.75 Å². The summed E-state index contributed by atoms with van der Waals surface area (Å²) < 4.78 is 21.9. The quantitative estimate of drug-likeness (QED) is 0.136. The van der Waals surface area contributed by atoms with E-state index in [1.807, 2.05) is 25.1 Å². The molecule has 2 fully saturated rings. The number of methoxy groups -OCH3 is 3. The lowest BCUT2D eigenvalue weighted by molar-refractivity contribution is -0.139. The molecule has 0 saturated carbocycles. The number of hydrogen-bond donors (Lipinski definition) is 4. The molecule has 55 heavy (non-hydrogen) atoms. The molecule has 15 heteroatoms. The number of alkyl carbamates (subject to hydrolysis) is 1. The van der Waals surface area contributed by atoms with E-state index in [0.717, 1.165) is 61.9 Å². The van der Waals surface area contributed by atoms with Crippen LogP contribution in [-0.4, -0.2) is 106 Å². The van der Waals surface area contributed by atoms with Crippen molar-refractivity contribution in [2.75, 3.05) is 34.5 Å². The van der Waals surface area contributed by atoms with Gasteiger partial charge in [-0.3, -0.25) is 9.69 Å². The summed E-state index contributed by atoms with van der Waals surface area (Å²) in [4.78, 5) is 57.9. The Labute approximate surface area is 317 Å². The number of carbonyl (C=O) groups is 3. The molecular formula is C40H45N7O8. The molecule has 0 spiro atoms. The summed E-state index contributed by atoms with van der Waals surface area (Å²) in [6, 6.07) is 12.8. The second-order valence-corrected chi connectivity index (χ2v) is 14.7. The molecule has 5 heterocycles. The minimum atomic E-state index is -0.966. The molecule has 3 aliphatic heterocycles. The van der Waals surface area contributed by atoms with Crippen molar-refractivity contribution < 1.29 is 38.4 Å². The number of amides is 3. The van der Waals surface area contributed by atoms with E-state index < -0.39 is 24.3 Å². The highest BCUT2D eigenvalue weighted by Gasteiger charge is 2.42. The molecule has 3 aromatic carbocycles. The van der Waals surface area contributed by atoms with Gasteiger partial charge in [-0.2, -0.15) is 0 Å². The fourth-order valence-corrected chi connectivity index (χ4v) is 8.52. The van der Waals surface area contributed by atoms with Crippen molar-refractivity contribution >= 4 is 39.9 Å². The Hall–Kier alpha value is -5.67. The van der Waals surface area contributed by atoms with Crippen LogP contribution in [0.1, 0.15) is 62.4 Å². The number of benzene rings is 3. The lowest BCUT2D eigenvalue weighted by Gasteiger charge is -2.33. The van der Waals surface area contributed by atoms with Gasteiger partial charge in [0.15, 0.2) is 0 Å². The van der Waals surface area contributed by atoms with Gasteiger partial charge in [-0.1, -0.05) is 18.2 Å². The van der Waals surface area contributed by atoms with Gasteiger partial charge in [-0.15, -0.1) is 0 Å². The normalized spacial score (nSPS) is 21.6. The number of imidazole rings is 2. The first-order chi connectivity index (χ1) is 26.6. The van der Waals surface area contributed by atoms with Crippen LogP contribution < -0.4 is 10.1 Å². The second-order valence-electron chi connectivity index (χ2n) is 14.7. The first-order valence-electron chi connectivity index (χ1n) is 18.5. The van der Waals surface area contributed by atoms with E-state index in [1.165, 1.54) is 19.1 Å². The predicted octanol–water partition coefficient (Wildman–Crippen LogP) is 6.16. The van der Waals surface area contributed by atoms with Gasteiger partial charge in [-0.25, -0.2) is 19.6 Å². The number of H-pyrrole nitrogens is 2. The zero-order chi connectivity index (χ0) is 38.5. The van der Waals surface area contributed by atoms with Crippen molar-refractivity contribution in [1.82, 2.24) is 35.1 Å². The molecule has 0 unspecified atom stereocenters. The van der Waals surface area contributed by atoms with Crippen LogP contribution in [0.3, 0.4) is 0 Å². The molecule has 288 valence electrons. The highest BCUT2D eigenvalue weighted by atomic mass is 16.5. The molecule has 0 radical (unpaired) electrons. The van der Waals surface area contributed by atoms with E-state index in [9.17, 15) is 19.5 Å². The molecule has 5 aromatic rings. The van der Waals surface area contributed by atoms with Crippen LogP contribution in [0.25, 0.3) is 44.2 Å². The van der Waals surface area contributed by atoms with E-state index in [1.54, 1.807) is 25.1 Å². The van der Waals surface area contributed by atoms with Gasteiger partial charge in [0.2, 0.25) is 5.91 Å². The molecule has 6 atom stereocenters. The minimum absolute atomic E-state index is 0.0757. The Balaban J connectivity index is 1.07. The highest BCUT2D eigenvalue weighted by molar-refractivity contribution is 6.07. The minimum Gasteiger partial charge on any atom is -0.488 e. The Morgan fingerprint density at radius 2 is 1.87 bits per heavy atom. The van der Waals surface area contributed by atoms with E-state index in [0.29, 0.717) is 44.2 Å². The molecule has 15 nitrogen and oxygen atoms in total. The smallest absolute Gasteiger partial charge is 0.407 e. The summed E-state index contributed by atoms with van der Waals surface area (Å²) in [5, 5.41) is 14.4. The Bertz CT molecular complexity index is 2290. The van der Waals surface area contributed by atoms with Gasteiger partial charge in [0.05, 0.1) is 54.8 Å². The monoisotopic (exact) mass is 751 g/mol. The van der Waals surface area contributed by atoms with Crippen molar-refractivity contribution in [1.29, 1.82) is 0 Å². The lowest BCUT2D eigenvalue weighted by Crippen LogP contribution is -2.55. The van der Waals surface area contributed by atoms with Gasteiger partial charge in [0.25, 0.3) is 0 Å². The number of likely N-dealkylation sites (tertiary alicyclic amines) is 2. The molecule has 2 saturated heterocycles. The number of hydrogen-bond acceptors (Lipinski definition) is 9. The van der Waals surface area contributed by atoms with E-state index in [-0.39, 0.29) is 30.0 Å². The number of nitrogens with zero attached hydrogens (tertiary/aromatic N) is 4. The third-order valence-electron chi connectivity index (χ3n) is 11.4. The summed E-state index contributed by atoms with van der Waals surface area (Å²) in [6.45, 7) is 5.02. The maximum atomic E-state index is 14.0. The molecule has 2 aromatic heterocycles. The highest BCUT2D eigenvalue weighted by Crippen LogP contribution is 2.44. The van der Waals surface area contributed by atoms with E-state index in [2.05, 4.69) is 44.5 Å². The van der Waals surface area contributed by atoms with Crippen molar-refractivity contribution in [3.63, 3.8) is 0 Å².